The highest BCUT2D eigenvalue weighted by atomic mass is 32.2. The van der Waals surface area contributed by atoms with Gasteiger partial charge in [-0.1, -0.05) is 30.3 Å². The largest absolute Gasteiger partial charge is 0.444 e. The van der Waals surface area contributed by atoms with E-state index in [2.05, 4.69) is 33.7 Å². The van der Waals surface area contributed by atoms with Crippen molar-refractivity contribution in [2.45, 2.75) is 52.3 Å². The van der Waals surface area contributed by atoms with Crippen molar-refractivity contribution in [3.8, 4) is 11.1 Å². The molecule has 1 aliphatic heterocycles. The smallest absolute Gasteiger partial charge is 0.410 e. The number of anilines is 2. The summed E-state index contributed by atoms with van der Waals surface area (Å²) in [7, 11) is -1.87. The van der Waals surface area contributed by atoms with Crippen LogP contribution in [0.4, 0.5) is 16.2 Å². The van der Waals surface area contributed by atoms with Crippen molar-refractivity contribution in [3.05, 3.63) is 82.9 Å². The molecule has 0 saturated carbocycles. The molecule has 0 bridgehead atoms. The number of likely N-dealkylation sites (tertiary alicyclic amines) is 1. The van der Waals surface area contributed by atoms with Crippen molar-refractivity contribution in [1.82, 2.24) is 14.0 Å². The molecular formula is C32H39N5O5S. The summed E-state index contributed by atoms with van der Waals surface area (Å²) < 4.78 is 37.2. The number of carbonyl (C=O) groups is 1. The zero-order valence-corrected chi connectivity index (χ0v) is 26.2. The van der Waals surface area contributed by atoms with Gasteiger partial charge in [0.1, 0.15) is 11.3 Å². The number of amides is 1. The summed E-state index contributed by atoms with van der Waals surface area (Å²) in [6, 6.07) is 17.5. The van der Waals surface area contributed by atoms with Crippen LogP contribution in [0.25, 0.3) is 22.0 Å². The fourth-order valence-electron chi connectivity index (χ4n) is 5.22. The maximum Gasteiger partial charge on any atom is 0.410 e. The number of rotatable bonds is 8. The molecule has 11 heteroatoms. The number of nitrogens with zero attached hydrogens (tertiary/aromatic N) is 3. The number of hydrogen-bond acceptors (Lipinski definition) is 6. The van der Waals surface area contributed by atoms with Gasteiger partial charge in [-0.25, -0.2) is 13.2 Å². The van der Waals surface area contributed by atoms with E-state index in [1.54, 1.807) is 31.1 Å². The third-order valence-corrected chi connectivity index (χ3v) is 8.88. The molecule has 0 aliphatic carbocycles. The third kappa shape index (κ3) is 6.56. The first-order chi connectivity index (χ1) is 20.2. The molecule has 0 radical (unpaired) electrons. The summed E-state index contributed by atoms with van der Waals surface area (Å²) in [5, 5.41) is 4.07. The monoisotopic (exact) mass is 605 g/mol. The Labute approximate surface area is 252 Å². The van der Waals surface area contributed by atoms with Gasteiger partial charge in [0.2, 0.25) is 10.0 Å². The van der Waals surface area contributed by atoms with Gasteiger partial charge in [-0.3, -0.25) is 9.52 Å². The van der Waals surface area contributed by atoms with Gasteiger partial charge in [0.05, 0.1) is 29.0 Å². The number of aryl methyl sites for hydroxylation is 1. The van der Waals surface area contributed by atoms with Crippen LogP contribution in [0.1, 0.15) is 46.2 Å². The summed E-state index contributed by atoms with van der Waals surface area (Å²) in [5.74, 6) is -0.0601. The van der Waals surface area contributed by atoms with E-state index in [0.717, 1.165) is 27.6 Å². The molecule has 1 aliphatic rings. The number of fused-ring (bicyclic) bond motifs is 1. The lowest BCUT2D eigenvalue weighted by molar-refractivity contribution is 0.0105. The molecule has 1 atom stereocenters. The maximum absolute atomic E-state index is 13.1. The van der Waals surface area contributed by atoms with E-state index in [4.69, 9.17) is 4.74 Å². The summed E-state index contributed by atoms with van der Waals surface area (Å²) in [6.45, 7) is 10.0. The minimum atomic E-state index is -3.55. The topological polar surface area (TPSA) is 115 Å². The zero-order chi connectivity index (χ0) is 31.1. The van der Waals surface area contributed by atoms with Crippen molar-refractivity contribution in [2.75, 3.05) is 28.9 Å². The Morgan fingerprint density at radius 3 is 2.37 bits per heavy atom. The predicted octanol–water partition coefficient (Wildman–Crippen LogP) is 5.41. The van der Waals surface area contributed by atoms with Gasteiger partial charge < -0.3 is 24.1 Å². The Kier molecular flexibility index (Phi) is 8.04. The molecule has 5 rings (SSSR count). The molecule has 2 N–H and O–H groups in total. The van der Waals surface area contributed by atoms with Crippen LogP contribution in [0, 0.1) is 0 Å². The van der Waals surface area contributed by atoms with Crippen molar-refractivity contribution >= 4 is 38.4 Å². The van der Waals surface area contributed by atoms with Crippen molar-refractivity contribution in [2.24, 2.45) is 7.05 Å². The van der Waals surface area contributed by atoms with Gasteiger partial charge >= 0.3 is 6.09 Å². The lowest BCUT2D eigenvalue weighted by atomic mass is 10.0. The van der Waals surface area contributed by atoms with Gasteiger partial charge in [-0.2, -0.15) is 0 Å². The molecule has 1 amide bonds. The summed E-state index contributed by atoms with van der Waals surface area (Å²) >= 11 is 0. The minimum absolute atomic E-state index is 0.00604. The average Bonchev–Trinajstić information content (AvgIpc) is 3.35. The number of nitrogens with one attached hydrogen (secondary N) is 2. The van der Waals surface area contributed by atoms with E-state index < -0.39 is 15.6 Å². The van der Waals surface area contributed by atoms with Crippen molar-refractivity contribution < 1.29 is 17.9 Å². The van der Waals surface area contributed by atoms with E-state index in [-0.39, 0.29) is 29.5 Å². The maximum atomic E-state index is 13.1. The van der Waals surface area contributed by atoms with E-state index in [0.29, 0.717) is 24.5 Å². The Hall–Kier alpha value is -4.25. The number of sulfonamides is 1. The van der Waals surface area contributed by atoms with Gasteiger partial charge in [-0.05, 0) is 70.0 Å². The molecule has 2 aromatic carbocycles. The van der Waals surface area contributed by atoms with Gasteiger partial charge in [-0.15, -0.1) is 0 Å². The van der Waals surface area contributed by atoms with Crippen LogP contribution in [0.15, 0.2) is 71.8 Å². The number of ether oxygens (including phenoxy) is 1. The van der Waals surface area contributed by atoms with Crippen molar-refractivity contribution in [1.29, 1.82) is 0 Å². The van der Waals surface area contributed by atoms with E-state index in [1.165, 1.54) is 4.57 Å². The van der Waals surface area contributed by atoms with E-state index in [9.17, 15) is 18.0 Å². The standard InChI is InChI=1S/C32H39N5O5S/c1-7-43(40,41)34-27-15-23(17-29-26(27)13-14-37(29)21(2)22-11-9-8-10-12-22)24-16-28(30(38)35(6)18-24)33-25-19-36(20-25)31(39)42-32(3,4)5/h8-18,21,25,33-34H,7,19-20H2,1-6H3. The third-order valence-electron chi connectivity index (χ3n) is 7.59. The summed E-state index contributed by atoms with van der Waals surface area (Å²) in [5.41, 5.74) is 3.57. The molecule has 3 heterocycles. The SMILES string of the molecule is CCS(=O)(=O)Nc1cc(-c2cc(NC3CN(C(=O)OC(C)(C)C)C3)c(=O)n(C)c2)cc2c1ccn2C(C)c1ccccc1. The van der Waals surface area contributed by atoms with Crippen LogP contribution >= 0.6 is 0 Å². The van der Waals surface area contributed by atoms with Crippen LogP contribution in [0.3, 0.4) is 0 Å². The van der Waals surface area contributed by atoms with Gasteiger partial charge in [0.25, 0.3) is 5.56 Å². The second-order valence-corrected chi connectivity index (χ2v) is 14.1. The first kappa shape index (κ1) is 30.2. The number of benzene rings is 2. The molecule has 4 aromatic rings. The molecule has 0 spiro atoms. The molecule has 1 fully saturated rings. The fraction of sp³-hybridized carbons (Fsp3) is 0.375. The van der Waals surface area contributed by atoms with Crippen molar-refractivity contribution in [3.63, 3.8) is 0 Å². The molecule has 1 saturated heterocycles. The molecule has 10 nitrogen and oxygen atoms in total. The average molecular weight is 606 g/mol. The number of hydrogen-bond donors (Lipinski definition) is 2. The van der Waals surface area contributed by atoms with Crippen LogP contribution in [-0.4, -0.2) is 59.0 Å². The predicted molar refractivity (Wildman–Crippen MR) is 171 cm³/mol. The lowest BCUT2D eigenvalue weighted by Crippen LogP contribution is -2.58. The lowest BCUT2D eigenvalue weighted by Gasteiger charge is -2.40. The van der Waals surface area contributed by atoms with Crippen LogP contribution in [0.2, 0.25) is 0 Å². The first-order valence-electron chi connectivity index (χ1n) is 14.4. The van der Waals surface area contributed by atoms with Gasteiger partial charge in [0.15, 0.2) is 0 Å². The Bertz CT molecular complexity index is 1820. The summed E-state index contributed by atoms with van der Waals surface area (Å²) in [4.78, 5) is 27.1. The fourth-order valence-corrected chi connectivity index (χ4v) is 5.87. The minimum Gasteiger partial charge on any atom is -0.444 e. The molecular weight excluding hydrogens is 566 g/mol. The second-order valence-electron chi connectivity index (χ2n) is 12.1. The molecule has 43 heavy (non-hydrogen) atoms. The van der Waals surface area contributed by atoms with E-state index >= 15 is 0 Å². The molecule has 1 unspecified atom stereocenters. The summed E-state index contributed by atoms with van der Waals surface area (Å²) in [6.07, 6.45) is 3.33. The van der Waals surface area contributed by atoms with E-state index in [1.807, 2.05) is 63.4 Å². The molecule has 2 aromatic heterocycles. The second kappa shape index (κ2) is 11.4. The first-order valence-corrected chi connectivity index (χ1v) is 16.1. The Morgan fingerprint density at radius 1 is 1.05 bits per heavy atom. The van der Waals surface area contributed by atoms with Crippen LogP contribution in [-0.2, 0) is 21.8 Å². The Balaban J connectivity index is 1.51. The van der Waals surface area contributed by atoms with Crippen LogP contribution in [0.5, 0.6) is 0 Å². The highest BCUT2D eigenvalue weighted by molar-refractivity contribution is 7.92. The number of aromatic nitrogens is 2. The highest BCUT2D eigenvalue weighted by Crippen LogP contribution is 2.35. The number of carbonyl (C=O) groups excluding carboxylic acids is 1. The quantitative estimate of drug-likeness (QED) is 0.278. The van der Waals surface area contributed by atoms with Gasteiger partial charge in [0, 0.05) is 43.5 Å². The number of pyridine rings is 1. The Morgan fingerprint density at radius 2 is 1.72 bits per heavy atom. The van der Waals surface area contributed by atoms with Crippen LogP contribution < -0.4 is 15.6 Å². The molecule has 228 valence electrons. The normalized spacial score (nSPS) is 14.8. The highest BCUT2D eigenvalue weighted by Gasteiger charge is 2.34. The zero-order valence-electron chi connectivity index (χ0n) is 25.4.